The number of para-hydroxylation sites is 1. The Hall–Kier alpha value is -3.37. The summed E-state index contributed by atoms with van der Waals surface area (Å²) in [6, 6.07) is 22.2. The van der Waals surface area contributed by atoms with Crippen LogP contribution in [0.5, 0.6) is 11.5 Å². The fourth-order valence-electron chi connectivity index (χ4n) is 4.41. The number of carbonyl (C=O) groups excluding carboxylic acids is 1. The smallest absolute Gasteiger partial charge is 0.161 e. The van der Waals surface area contributed by atoms with E-state index in [1.807, 2.05) is 60.7 Å². The highest BCUT2D eigenvalue weighted by atomic mass is 35.5. The van der Waals surface area contributed by atoms with Gasteiger partial charge in [-0.3, -0.25) is 10.2 Å². The topological polar surface area (TPSA) is 55.1 Å². The van der Waals surface area contributed by atoms with E-state index in [-0.39, 0.29) is 11.6 Å². The van der Waals surface area contributed by atoms with E-state index in [0.29, 0.717) is 21.9 Å². The van der Waals surface area contributed by atoms with Gasteiger partial charge in [0.25, 0.3) is 0 Å². The van der Waals surface area contributed by atoms with Gasteiger partial charge in [0.05, 0.1) is 5.52 Å². The quantitative estimate of drug-likeness (QED) is 0.156. The van der Waals surface area contributed by atoms with Crippen LogP contribution in [0, 0.1) is 11.3 Å². The molecule has 1 N–H and O–H groups in total. The molecule has 36 heavy (non-hydrogen) atoms. The van der Waals surface area contributed by atoms with E-state index < -0.39 is 0 Å². The van der Waals surface area contributed by atoms with Crippen LogP contribution in [0.4, 0.5) is 0 Å². The molecule has 186 valence electrons. The Kier molecular flexibility index (Phi) is 8.61. The van der Waals surface area contributed by atoms with E-state index in [2.05, 4.69) is 6.92 Å². The Bertz CT molecular complexity index is 1340. The molecule has 1 heterocycles. The molecule has 4 nitrogen and oxygen atoms in total. The van der Waals surface area contributed by atoms with Crippen LogP contribution in [0.2, 0.25) is 5.02 Å². The van der Waals surface area contributed by atoms with Gasteiger partial charge in [-0.05, 0) is 55.3 Å². The molecule has 1 aromatic heterocycles. The summed E-state index contributed by atoms with van der Waals surface area (Å²) in [6.45, 7) is 3.79. The van der Waals surface area contributed by atoms with Crippen molar-refractivity contribution in [1.29, 1.82) is 5.41 Å². The maximum atomic E-state index is 12.1. The van der Waals surface area contributed by atoms with Gasteiger partial charge in [0.15, 0.2) is 5.78 Å². The van der Waals surface area contributed by atoms with Crippen molar-refractivity contribution in [1.82, 2.24) is 4.57 Å². The number of benzene rings is 3. The van der Waals surface area contributed by atoms with Crippen LogP contribution in [0.3, 0.4) is 0 Å². The SMILES string of the molecule is CC(=O)c1cn(C(=N)c2cccc(Oc3ccccc3)c2)c2ccc(Cl)cc12.CCCCC1CCC1. The number of rotatable bonds is 7. The van der Waals surface area contributed by atoms with Crippen molar-refractivity contribution in [2.45, 2.75) is 52.4 Å². The minimum Gasteiger partial charge on any atom is -0.457 e. The minimum absolute atomic E-state index is 0.0695. The molecule has 1 fully saturated rings. The Morgan fingerprint density at radius 1 is 1.03 bits per heavy atom. The molecule has 0 bridgehead atoms. The summed E-state index contributed by atoms with van der Waals surface area (Å²) in [6.07, 6.45) is 10.6. The van der Waals surface area contributed by atoms with Crippen LogP contribution in [0.1, 0.15) is 68.3 Å². The zero-order valence-corrected chi connectivity index (χ0v) is 21.7. The van der Waals surface area contributed by atoms with Crippen LogP contribution < -0.4 is 4.74 Å². The number of hydrogen-bond donors (Lipinski definition) is 1. The van der Waals surface area contributed by atoms with Gasteiger partial charge in [0, 0.05) is 27.7 Å². The number of ether oxygens (including phenoxy) is 1. The predicted molar refractivity (Wildman–Crippen MR) is 149 cm³/mol. The van der Waals surface area contributed by atoms with E-state index in [1.165, 1.54) is 45.4 Å². The van der Waals surface area contributed by atoms with E-state index >= 15 is 0 Å². The lowest BCUT2D eigenvalue weighted by Gasteiger charge is -2.24. The highest BCUT2D eigenvalue weighted by Gasteiger charge is 2.17. The first-order valence-corrected chi connectivity index (χ1v) is 13.1. The lowest BCUT2D eigenvalue weighted by Crippen LogP contribution is -2.11. The molecule has 0 spiro atoms. The number of fused-ring (bicyclic) bond motifs is 1. The number of nitrogens with one attached hydrogen (secondary N) is 1. The van der Waals surface area contributed by atoms with Crippen molar-refractivity contribution < 1.29 is 9.53 Å². The van der Waals surface area contributed by atoms with E-state index in [1.54, 1.807) is 22.9 Å². The third-order valence-electron chi connectivity index (χ3n) is 6.66. The molecule has 1 aliphatic rings. The van der Waals surface area contributed by atoms with Crippen molar-refractivity contribution in [2.75, 3.05) is 0 Å². The van der Waals surface area contributed by atoms with Gasteiger partial charge in [-0.2, -0.15) is 0 Å². The number of Topliss-reactive ketones (excluding diaryl/α,β-unsaturated/α-hetero) is 1. The maximum Gasteiger partial charge on any atom is 0.161 e. The molecule has 1 saturated carbocycles. The fraction of sp³-hybridized carbons (Fsp3) is 0.290. The van der Waals surface area contributed by atoms with Gasteiger partial charge in [-0.15, -0.1) is 0 Å². The second kappa shape index (κ2) is 12.0. The summed E-state index contributed by atoms with van der Waals surface area (Å²) in [7, 11) is 0. The van der Waals surface area contributed by atoms with Crippen LogP contribution in [-0.4, -0.2) is 16.2 Å². The van der Waals surface area contributed by atoms with Crippen LogP contribution in [0.15, 0.2) is 79.0 Å². The maximum absolute atomic E-state index is 12.1. The van der Waals surface area contributed by atoms with Gasteiger partial charge in [-0.25, -0.2) is 0 Å². The number of hydrogen-bond acceptors (Lipinski definition) is 3. The normalized spacial score (nSPS) is 13.0. The molecular weight excluding hydrogens is 468 g/mol. The average molecular weight is 501 g/mol. The largest absolute Gasteiger partial charge is 0.457 e. The molecular formula is C31H33ClN2O2. The Labute approximate surface area is 218 Å². The van der Waals surface area contributed by atoms with Gasteiger partial charge in [-0.1, -0.05) is 87.4 Å². The van der Waals surface area contributed by atoms with Crippen LogP contribution >= 0.6 is 11.6 Å². The number of carbonyl (C=O) groups is 1. The lowest BCUT2D eigenvalue weighted by atomic mass is 9.82. The summed E-state index contributed by atoms with van der Waals surface area (Å²) < 4.78 is 7.57. The highest BCUT2D eigenvalue weighted by Crippen LogP contribution is 2.30. The fourth-order valence-corrected chi connectivity index (χ4v) is 4.58. The molecule has 0 atom stereocenters. The van der Waals surface area contributed by atoms with Gasteiger partial charge >= 0.3 is 0 Å². The van der Waals surface area contributed by atoms with Crippen molar-refractivity contribution >= 4 is 34.1 Å². The first-order chi connectivity index (χ1) is 17.5. The molecule has 0 aliphatic heterocycles. The number of nitrogens with zero attached hydrogens (tertiary/aromatic N) is 1. The zero-order chi connectivity index (χ0) is 25.5. The highest BCUT2D eigenvalue weighted by molar-refractivity contribution is 6.31. The van der Waals surface area contributed by atoms with Gasteiger partial charge < -0.3 is 9.30 Å². The molecule has 3 aromatic carbocycles. The molecule has 0 amide bonds. The Morgan fingerprint density at radius 2 is 1.78 bits per heavy atom. The Morgan fingerprint density at radius 3 is 2.44 bits per heavy atom. The van der Waals surface area contributed by atoms with Crippen molar-refractivity contribution in [3.63, 3.8) is 0 Å². The second-order valence-corrected chi connectivity index (χ2v) is 9.80. The first kappa shape index (κ1) is 25.7. The van der Waals surface area contributed by atoms with E-state index in [9.17, 15) is 4.79 Å². The summed E-state index contributed by atoms with van der Waals surface area (Å²) in [5.74, 6) is 2.68. The molecule has 0 radical (unpaired) electrons. The summed E-state index contributed by atoms with van der Waals surface area (Å²) >= 11 is 6.11. The number of unbranched alkanes of at least 4 members (excludes halogenated alkanes) is 1. The van der Waals surface area contributed by atoms with Gasteiger partial charge in [0.2, 0.25) is 0 Å². The number of aromatic nitrogens is 1. The summed E-state index contributed by atoms with van der Waals surface area (Å²) in [4.78, 5) is 12.1. The summed E-state index contributed by atoms with van der Waals surface area (Å²) in [5, 5.41) is 9.99. The van der Waals surface area contributed by atoms with Crippen LogP contribution in [0.25, 0.3) is 10.9 Å². The van der Waals surface area contributed by atoms with Gasteiger partial charge in [0.1, 0.15) is 17.3 Å². The Balaban J connectivity index is 0.000000325. The standard InChI is InChI=1S/C23H17ClN2O2.C8H16/c1-15(27)21-14-26(22-11-10-17(24)13-20(21)22)23(25)16-6-5-9-19(12-16)28-18-7-3-2-4-8-18;1-2-3-5-8-6-4-7-8/h2-14,25H,1H3;8H,2-7H2,1H3. The summed E-state index contributed by atoms with van der Waals surface area (Å²) in [5.41, 5.74) is 1.98. The number of halogens is 1. The molecule has 0 saturated heterocycles. The van der Waals surface area contributed by atoms with Crippen molar-refractivity contribution in [3.8, 4) is 11.5 Å². The number of ketones is 1. The predicted octanol–water partition coefficient (Wildman–Crippen LogP) is 9.14. The zero-order valence-electron chi connectivity index (χ0n) is 21.0. The average Bonchev–Trinajstić information content (AvgIpc) is 3.23. The third-order valence-corrected chi connectivity index (χ3v) is 6.90. The lowest BCUT2D eigenvalue weighted by molar-refractivity contribution is 0.101. The molecule has 0 unspecified atom stereocenters. The second-order valence-electron chi connectivity index (χ2n) is 9.36. The molecule has 4 aromatic rings. The van der Waals surface area contributed by atoms with Crippen molar-refractivity contribution in [3.05, 3.63) is 95.1 Å². The van der Waals surface area contributed by atoms with E-state index in [4.69, 9.17) is 21.7 Å². The monoisotopic (exact) mass is 500 g/mol. The minimum atomic E-state index is -0.0695. The first-order valence-electron chi connectivity index (χ1n) is 12.7. The molecule has 5 heteroatoms. The molecule has 1 aliphatic carbocycles. The van der Waals surface area contributed by atoms with Crippen LogP contribution in [-0.2, 0) is 0 Å². The third kappa shape index (κ3) is 6.24. The van der Waals surface area contributed by atoms with Crippen molar-refractivity contribution in [2.24, 2.45) is 5.92 Å². The van der Waals surface area contributed by atoms with E-state index in [0.717, 1.165) is 22.6 Å². The molecule has 5 rings (SSSR count).